The van der Waals surface area contributed by atoms with Gasteiger partial charge in [-0.1, -0.05) is 32.1 Å². The fraction of sp³-hybridized carbons (Fsp3) is 1.00. The van der Waals surface area contributed by atoms with E-state index in [0.717, 1.165) is 18.9 Å². The van der Waals surface area contributed by atoms with Crippen LogP contribution in [0.1, 0.15) is 44.9 Å². The Kier molecular flexibility index (Phi) is 5.07. The van der Waals surface area contributed by atoms with Gasteiger partial charge >= 0.3 is 0 Å². The molecule has 2 aliphatic rings. The lowest BCUT2D eigenvalue weighted by Crippen LogP contribution is -2.29. The highest BCUT2D eigenvalue weighted by atomic mass is 32.2. The predicted octanol–water partition coefficient (Wildman–Crippen LogP) is 2.23. The zero-order valence-electron chi connectivity index (χ0n) is 11.5. The van der Waals surface area contributed by atoms with Crippen molar-refractivity contribution in [3.8, 4) is 0 Å². The van der Waals surface area contributed by atoms with E-state index in [2.05, 4.69) is 5.32 Å². The van der Waals surface area contributed by atoms with Crippen LogP contribution in [0.5, 0.6) is 0 Å². The lowest BCUT2D eigenvalue weighted by Gasteiger charge is -2.29. The molecule has 0 aromatic carbocycles. The van der Waals surface area contributed by atoms with E-state index in [1.54, 1.807) is 0 Å². The normalized spacial score (nSPS) is 30.4. The first-order chi connectivity index (χ1) is 8.61. The van der Waals surface area contributed by atoms with Gasteiger partial charge in [-0.3, -0.25) is 0 Å². The summed E-state index contributed by atoms with van der Waals surface area (Å²) in [5, 5.41) is 3.27. The number of sulfone groups is 1. The van der Waals surface area contributed by atoms with Crippen molar-refractivity contribution >= 4 is 9.84 Å². The molecule has 1 saturated carbocycles. The second kappa shape index (κ2) is 6.38. The van der Waals surface area contributed by atoms with Gasteiger partial charge in [0, 0.05) is 0 Å². The maximum atomic E-state index is 11.6. The highest BCUT2D eigenvalue weighted by Gasteiger charge is 2.34. The van der Waals surface area contributed by atoms with Crippen LogP contribution >= 0.6 is 0 Å². The molecule has 0 aromatic heterocycles. The third-order valence-corrected chi connectivity index (χ3v) is 6.56. The molecule has 4 heteroatoms. The summed E-state index contributed by atoms with van der Waals surface area (Å²) >= 11 is 0. The molecule has 0 radical (unpaired) electrons. The Morgan fingerprint density at radius 3 is 2.44 bits per heavy atom. The van der Waals surface area contributed by atoms with E-state index in [1.807, 2.05) is 7.05 Å². The van der Waals surface area contributed by atoms with Crippen LogP contribution in [0.25, 0.3) is 0 Å². The molecule has 1 N–H and O–H groups in total. The minimum Gasteiger partial charge on any atom is -0.319 e. The molecule has 2 atom stereocenters. The van der Waals surface area contributed by atoms with Gasteiger partial charge in [-0.25, -0.2) is 8.42 Å². The summed E-state index contributed by atoms with van der Waals surface area (Å²) in [7, 11) is -0.744. The van der Waals surface area contributed by atoms with Gasteiger partial charge in [0.15, 0.2) is 9.84 Å². The van der Waals surface area contributed by atoms with Gasteiger partial charge in [0.05, 0.1) is 11.5 Å². The fourth-order valence-corrected chi connectivity index (χ4v) is 5.67. The quantitative estimate of drug-likeness (QED) is 0.835. The summed E-state index contributed by atoms with van der Waals surface area (Å²) in [6, 6.07) is 0. The standard InChI is InChI=1S/C14H27NO2S/c1-15-10-14(9-12-5-3-2-4-6-12)13-7-8-18(16,17)11-13/h12-15H,2-11H2,1H3. The number of hydrogen-bond donors (Lipinski definition) is 1. The lowest BCUT2D eigenvalue weighted by molar-refractivity contribution is 0.238. The highest BCUT2D eigenvalue weighted by Crippen LogP contribution is 2.35. The molecule has 1 heterocycles. The van der Waals surface area contributed by atoms with Gasteiger partial charge < -0.3 is 5.32 Å². The molecule has 18 heavy (non-hydrogen) atoms. The Morgan fingerprint density at radius 1 is 1.17 bits per heavy atom. The summed E-state index contributed by atoms with van der Waals surface area (Å²) in [6.45, 7) is 0.983. The highest BCUT2D eigenvalue weighted by molar-refractivity contribution is 7.91. The maximum Gasteiger partial charge on any atom is 0.150 e. The Bertz CT molecular complexity index is 347. The minimum absolute atomic E-state index is 0.407. The molecular weight excluding hydrogens is 246 g/mol. The zero-order valence-corrected chi connectivity index (χ0v) is 12.3. The molecule has 0 amide bonds. The molecule has 2 rings (SSSR count). The Labute approximate surface area is 112 Å². The monoisotopic (exact) mass is 273 g/mol. The molecular formula is C14H27NO2S. The van der Waals surface area contributed by atoms with Gasteiger partial charge in [0.2, 0.25) is 0 Å². The first-order valence-electron chi connectivity index (χ1n) is 7.46. The van der Waals surface area contributed by atoms with Crippen molar-refractivity contribution in [2.75, 3.05) is 25.1 Å². The molecule has 2 unspecified atom stereocenters. The van der Waals surface area contributed by atoms with Crippen LogP contribution in [0, 0.1) is 17.8 Å². The van der Waals surface area contributed by atoms with Crippen molar-refractivity contribution in [1.82, 2.24) is 5.32 Å². The third-order valence-electron chi connectivity index (χ3n) is 4.76. The van der Waals surface area contributed by atoms with Gasteiger partial charge in [0.25, 0.3) is 0 Å². The van der Waals surface area contributed by atoms with Gasteiger partial charge in [-0.05, 0) is 44.2 Å². The SMILES string of the molecule is CNCC(CC1CCCCC1)C1CCS(=O)(=O)C1. The van der Waals surface area contributed by atoms with Crippen LogP contribution < -0.4 is 5.32 Å². The van der Waals surface area contributed by atoms with Crippen molar-refractivity contribution in [3.63, 3.8) is 0 Å². The molecule has 1 aliphatic heterocycles. The van der Waals surface area contributed by atoms with Crippen LogP contribution in [0.4, 0.5) is 0 Å². The van der Waals surface area contributed by atoms with Crippen molar-refractivity contribution in [2.24, 2.45) is 17.8 Å². The van der Waals surface area contributed by atoms with Crippen molar-refractivity contribution in [2.45, 2.75) is 44.9 Å². The first-order valence-corrected chi connectivity index (χ1v) is 9.28. The molecule has 1 aliphatic carbocycles. The van der Waals surface area contributed by atoms with Crippen molar-refractivity contribution in [1.29, 1.82) is 0 Å². The minimum atomic E-state index is -2.73. The number of rotatable bonds is 5. The number of hydrogen-bond acceptors (Lipinski definition) is 3. The second-order valence-corrected chi connectivity index (χ2v) is 8.45. The zero-order chi connectivity index (χ0) is 13.0. The van der Waals surface area contributed by atoms with Gasteiger partial charge in [0.1, 0.15) is 0 Å². The molecule has 0 bridgehead atoms. The average Bonchev–Trinajstić information content (AvgIpc) is 2.70. The molecule has 0 aromatic rings. The van der Waals surface area contributed by atoms with E-state index in [1.165, 1.54) is 38.5 Å². The largest absolute Gasteiger partial charge is 0.319 e. The molecule has 1 saturated heterocycles. The van der Waals surface area contributed by atoms with Crippen molar-refractivity contribution < 1.29 is 8.42 Å². The van der Waals surface area contributed by atoms with Crippen LogP contribution in [0.15, 0.2) is 0 Å². The summed E-state index contributed by atoms with van der Waals surface area (Å²) in [5.74, 6) is 2.68. The van der Waals surface area contributed by atoms with E-state index in [4.69, 9.17) is 0 Å². The predicted molar refractivity (Wildman–Crippen MR) is 75.4 cm³/mol. The topological polar surface area (TPSA) is 46.2 Å². The summed E-state index contributed by atoms with van der Waals surface area (Å²) in [4.78, 5) is 0. The van der Waals surface area contributed by atoms with E-state index in [0.29, 0.717) is 23.3 Å². The first kappa shape index (κ1) is 14.3. The van der Waals surface area contributed by atoms with E-state index in [-0.39, 0.29) is 0 Å². The maximum absolute atomic E-state index is 11.6. The Balaban J connectivity index is 1.90. The number of nitrogens with one attached hydrogen (secondary N) is 1. The van der Waals surface area contributed by atoms with Crippen LogP contribution in [-0.4, -0.2) is 33.5 Å². The molecule has 0 spiro atoms. The van der Waals surface area contributed by atoms with Crippen LogP contribution in [0.3, 0.4) is 0 Å². The van der Waals surface area contributed by atoms with Gasteiger partial charge in [-0.2, -0.15) is 0 Å². The van der Waals surface area contributed by atoms with Crippen molar-refractivity contribution in [3.05, 3.63) is 0 Å². The Morgan fingerprint density at radius 2 is 1.89 bits per heavy atom. The summed E-state index contributed by atoms with van der Waals surface area (Å²) in [5.41, 5.74) is 0. The third kappa shape index (κ3) is 3.95. The van der Waals surface area contributed by atoms with Gasteiger partial charge in [-0.15, -0.1) is 0 Å². The average molecular weight is 273 g/mol. The van der Waals surface area contributed by atoms with E-state index < -0.39 is 9.84 Å². The van der Waals surface area contributed by atoms with Crippen LogP contribution in [0.2, 0.25) is 0 Å². The smallest absolute Gasteiger partial charge is 0.150 e. The van der Waals surface area contributed by atoms with E-state index >= 15 is 0 Å². The molecule has 3 nitrogen and oxygen atoms in total. The molecule has 2 fully saturated rings. The lowest BCUT2D eigenvalue weighted by atomic mass is 9.78. The van der Waals surface area contributed by atoms with E-state index in [9.17, 15) is 8.42 Å². The molecule has 106 valence electrons. The van der Waals surface area contributed by atoms with Crippen LogP contribution in [-0.2, 0) is 9.84 Å². The Hall–Kier alpha value is -0.0900. The fourth-order valence-electron chi connectivity index (χ4n) is 3.75. The summed E-state index contributed by atoms with van der Waals surface area (Å²) in [6.07, 6.45) is 8.99. The second-order valence-electron chi connectivity index (χ2n) is 6.22. The summed E-state index contributed by atoms with van der Waals surface area (Å²) < 4.78 is 23.2.